The standard InChI is InChI=1S/C26H36N6O/c1-5-26(3,4)32-25(27-28-29-32)24(22-12-14-23(15-13-22)33-6-2)31-18-16-30(17-19-31)20-21-10-8-7-9-11-21/h7-15,24H,5-6,16-20H2,1-4H3/t24-/m1/s1. The van der Waals surface area contributed by atoms with Crippen molar-refractivity contribution in [1.29, 1.82) is 0 Å². The maximum absolute atomic E-state index is 5.68. The summed E-state index contributed by atoms with van der Waals surface area (Å²) < 4.78 is 7.70. The number of nitrogens with zero attached hydrogens (tertiary/aromatic N) is 6. The summed E-state index contributed by atoms with van der Waals surface area (Å²) in [5.41, 5.74) is 2.40. The number of ether oxygens (including phenoxy) is 1. The van der Waals surface area contributed by atoms with E-state index in [2.05, 4.69) is 101 Å². The Morgan fingerprint density at radius 1 is 0.939 bits per heavy atom. The summed E-state index contributed by atoms with van der Waals surface area (Å²) in [5, 5.41) is 13.1. The van der Waals surface area contributed by atoms with Gasteiger partial charge in [-0.25, -0.2) is 4.68 Å². The summed E-state index contributed by atoms with van der Waals surface area (Å²) in [7, 11) is 0. The van der Waals surface area contributed by atoms with Gasteiger partial charge in [0.1, 0.15) is 5.75 Å². The molecule has 0 N–H and O–H groups in total. The smallest absolute Gasteiger partial charge is 0.173 e. The van der Waals surface area contributed by atoms with E-state index in [9.17, 15) is 0 Å². The van der Waals surface area contributed by atoms with Crippen molar-refractivity contribution in [1.82, 2.24) is 30.0 Å². The molecule has 1 atom stereocenters. The van der Waals surface area contributed by atoms with Crippen LogP contribution in [0.25, 0.3) is 0 Å². The molecule has 1 fully saturated rings. The van der Waals surface area contributed by atoms with Gasteiger partial charge in [-0.1, -0.05) is 49.4 Å². The van der Waals surface area contributed by atoms with E-state index in [0.29, 0.717) is 6.61 Å². The lowest BCUT2D eigenvalue weighted by Gasteiger charge is -2.39. The molecule has 2 heterocycles. The van der Waals surface area contributed by atoms with Crippen molar-refractivity contribution in [2.45, 2.75) is 52.2 Å². The Labute approximate surface area is 197 Å². The minimum Gasteiger partial charge on any atom is -0.494 e. The average molecular weight is 449 g/mol. The molecule has 0 spiro atoms. The number of tetrazole rings is 1. The van der Waals surface area contributed by atoms with E-state index in [4.69, 9.17) is 4.74 Å². The van der Waals surface area contributed by atoms with Gasteiger partial charge in [-0.2, -0.15) is 0 Å². The molecule has 0 radical (unpaired) electrons. The van der Waals surface area contributed by atoms with Gasteiger partial charge in [-0.15, -0.1) is 5.10 Å². The summed E-state index contributed by atoms with van der Waals surface area (Å²) >= 11 is 0. The predicted octanol–water partition coefficient (Wildman–Crippen LogP) is 4.12. The van der Waals surface area contributed by atoms with Gasteiger partial charge >= 0.3 is 0 Å². The van der Waals surface area contributed by atoms with Crippen LogP contribution in [0.2, 0.25) is 0 Å². The molecule has 1 aliphatic rings. The third-order valence-electron chi connectivity index (χ3n) is 6.70. The molecule has 2 aromatic carbocycles. The second-order valence-corrected chi connectivity index (χ2v) is 9.32. The SMILES string of the molecule is CCOc1ccc([C@H](c2nnnn2C(C)(C)CC)N2CCN(Cc3ccccc3)CC2)cc1. The van der Waals surface area contributed by atoms with Crippen LogP contribution in [0.15, 0.2) is 54.6 Å². The minimum atomic E-state index is -0.155. The first-order valence-corrected chi connectivity index (χ1v) is 12.0. The van der Waals surface area contributed by atoms with Crippen LogP contribution in [0, 0.1) is 0 Å². The minimum absolute atomic E-state index is 0.000349. The predicted molar refractivity (Wildman–Crippen MR) is 130 cm³/mol. The molecule has 7 nitrogen and oxygen atoms in total. The first kappa shape index (κ1) is 23.4. The van der Waals surface area contributed by atoms with E-state index in [1.54, 1.807) is 0 Å². The van der Waals surface area contributed by atoms with Gasteiger partial charge in [0.25, 0.3) is 0 Å². The average Bonchev–Trinajstić information content (AvgIpc) is 3.33. The molecule has 33 heavy (non-hydrogen) atoms. The van der Waals surface area contributed by atoms with Crippen molar-refractivity contribution in [3.05, 3.63) is 71.5 Å². The molecule has 1 aliphatic heterocycles. The van der Waals surface area contributed by atoms with Crippen molar-refractivity contribution < 1.29 is 4.74 Å². The highest BCUT2D eigenvalue weighted by Gasteiger charge is 2.34. The van der Waals surface area contributed by atoms with E-state index < -0.39 is 0 Å². The molecular formula is C26H36N6O. The fraction of sp³-hybridized carbons (Fsp3) is 0.500. The summed E-state index contributed by atoms with van der Waals surface area (Å²) in [6.45, 7) is 14.2. The second-order valence-electron chi connectivity index (χ2n) is 9.32. The Hall–Kier alpha value is -2.77. The molecule has 1 aromatic heterocycles. The second kappa shape index (κ2) is 10.4. The van der Waals surface area contributed by atoms with E-state index in [1.165, 1.54) is 11.1 Å². The Kier molecular flexibility index (Phi) is 7.40. The van der Waals surface area contributed by atoms with Crippen molar-refractivity contribution in [2.24, 2.45) is 0 Å². The first-order valence-electron chi connectivity index (χ1n) is 12.0. The van der Waals surface area contributed by atoms with E-state index in [1.807, 2.05) is 11.6 Å². The first-order chi connectivity index (χ1) is 16.0. The van der Waals surface area contributed by atoms with Gasteiger partial charge < -0.3 is 4.74 Å². The van der Waals surface area contributed by atoms with Crippen LogP contribution in [0.5, 0.6) is 5.75 Å². The molecule has 0 saturated carbocycles. The van der Waals surface area contributed by atoms with E-state index >= 15 is 0 Å². The maximum Gasteiger partial charge on any atom is 0.173 e. The zero-order valence-electron chi connectivity index (χ0n) is 20.3. The third kappa shape index (κ3) is 5.42. The van der Waals surface area contributed by atoms with Crippen LogP contribution in [0.1, 0.15) is 57.1 Å². The fourth-order valence-corrected chi connectivity index (χ4v) is 4.40. The fourth-order valence-electron chi connectivity index (χ4n) is 4.40. The molecule has 1 saturated heterocycles. The lowest BCUT2D eigenvalue weighted by atomic mass is 9.99. The van der Waals surface area contributed by atoms with Gasteiger partial charge in [-0.05, 0) is 60.9 Å². The highest BCUT2D eigenvalue weighted by molar-refractivity contribution is 5.32. The number of rotatable bonds is 9. The summed E-state index contributed by atoms with van der Waals surface area (Å²) in [5.74, 6) is 1.80. The number of piperazine rings is 1. The normalized spacial score (nSPS) is 16.6. The van der Waals surface area contributed by atoms with Crippen molar-refractivity contribution in [2.75, 3.05) is 32.8 Å². The van der Waals surface area contributed by atoms with Crippen LogP contribution in [0.4, 0.5) is 0 Å². The van der Waals surface area contributed by atoms with Crippen LogP contribution in [-0.2, 0) is 12.1 Å². The Morgan fingerprint density at radius 3 is 2.27 bits per heavy atom. The largest absolute Gasteiger partial charge is 0.494 e. The molecule has 7 heteroatoms. The quantitative estimate of drug-likeness (QED) is 0.491. The highest BCUT2D eigenvalue weighted by atomic mass is 16.5. The van der Waals surface area contributed by atoms with Crippen molar-refractivity contribution in [3.63, 3.8) is 0 Å². The summed E-state index contributed by atoms with van der Waals surface area (Å²) in [6, 6.07) is 19.1. The summed E-state index contributed by atoms with van der Waals surface area (Å²) in [6.07, 6.45) is 0.950. The third-order valence-corrected chi connectivity index (χ3v) is 6.70. The van der Waals surface area contributed by atoms with E-state index in [-0.39, 0.29) is 11.6 Å². The lowest BCUT2D eigenvalue weighted by molar-refractivity contribution is 0.0972. The van der Waals surface area contributed by atoms with Gasteiger partial charge in [0.05, 0.1) is 18.2 Å². The monoisotopic (exact) mass is 448 g/mol. The van der Waals surface area contributed by atoms with Crippen LogP contribution in [0.3, 0.4) is 0 Å². The zero-order chi connectivity index (χ0) is 23.3. The van der Waals surface area contributed by atoms with Crippen LogP contribution < -0.4 is 4.74 Å². The zero-order valence-corrected chi connectivity index (χ0v) is 20.3. The Morgan fingerprint density at radius 2 is 1.64 bits per heavy atom. The van der Waals surface area contributed by atoms with E-state index in [0.717, 1.165) is 50.7 Å². The van der Waals surface area contributed by atoms with Gasteiger partial charge in [0.2, 0.25) is 0 Å². The molecule has 0 amide bonds. The van der Waals surface area contributed by atoms with Crippen LogP contribution in [-0.4, -0.2) is 62.8 Å². The highest BCUT2D eigenvalue weighted by Crippen LogP contribution is 2.32. The molecule has 3 aromatic rings. The summed E-state index contributed by atoms with van der Waals surface area (Å²) in [4.78, 5) is 5.05. The molecule has 0 aliphatic carbocycles. The molecule has 176 valence electrons. The number of hydrogen-bond acceptors (Lipinski definition) is 6. The van der Waals surface area contributed by atoms with Gasteiger partial charge in [-0.3, -0.25) is 9.80 Å². The van der Waals surface area contributed by atoms with Gasteiger partial charge in [0.15, 0.2) is 5.82 Å². The molecule has 0 unspecified atom stereocenters. The molecule has 4 rings (SSSR count). The Bertz CT molecular complexity index is 993. The van der Waals surface area contributed by atoms with Crippen molar-refractivity contribution in [3.8, 4) is 5.75 Å². The number of hydrogen-bond donors (Lipinski definition) is 0. The number of benzene rings is 2. The topological polar surface area (TPSA) is 59.3 Å². The van der Waals surface area contributed by atoms with Crippen LogP contribution >= 0.6 is 0 Å². The lowest BCUT2D eigenvalue weighted by Crippen LogP contribution is -2.48. The Balaban J connectivity index is 1.58. The molecule has 0 bridgehead atoms. The molecular weight excluding hydrogens is 412 g/mol. The maximum atomic E-state index is 5.68. The van der Waals surface area contributed by atoms with Crippen molar-refractivity contribution >= 4 is 0 Å². The number of aromatic nitrogens is 4. The van der Waals surface area contributed by atoms with Gasteiger partial charge in [0, 0.05) is 32.7 Å².